The van der Waals surface area contributed by atoms with Gasteiger partial charge >= 0.3 is 0 Å². The SMILES string of the molecule is CC(CCO)c1ccc(-c2ccc(F)cc2)cc1. The van der Waals surface area contributed by atoms with Gasteiger partial charge in [-0.3, -0.25) is 0 Å². The summed E-state index contributed by atoms with van der Waals surface area (Å²) in [7, 11) is 0. The number of aliphatic hydroxyl groups excluding tert-OH is 1. The first-order chi connectivity index (χ1) is 8.70. The molecule has 1 N–H and O–H groups in total. The molecule has 0 saturated carbocycles. The summed E-state index contributed by atoms with van der Waals surface area (Å²) in [6.07, 6.45) is 0.774. The van der Waals surface area contributed by atoms with Gasteiger partial charge in [-0.1, -0.05) is 43.3 Å². The molecule has 0 saturated heterocycles. The van der Waals surface area contributed by atoms with E-state index in [-0.39, 0.29) is 12.4 Å². The van der Waals surface area contributed by atoms with Crippen molar-refractivity contribution >= 4 is 0 Å². The van der Waals surface area contributed by atoms with Crippen LogP contribution in [-0.4, -0.2) is 11.7 Å². The van der Waals surface area contributed by atoms with Crippen LogP contribution in [0.4, 0.5) is 4.39 Å². The normalized spacial score (nSPS) is 12.4. The Bertz CT molecular complexity index is 488. The monoisotopic (exact) mass is 244 g/mol. The second-order valence-corrected chi connectivity index (χ2v) is 4.54. The highest BCUT2D eigenvalue weighted by Crippen LogP contribution is 2.24. The zero-order valence-electron chi connectivity index (χ0n) is 10.4. The Morgan fingerprint density at radius 1 is 0.944 bits per heavy atom. The Morgan fingerprint density at radius 3 is 1.94 bits per heavy atom. The molecule has 2 aromatic rings. The summed E-state index contributed by atoms with van der Waals surface area (Å²) in [6, 6.07) is 14.7. The summed E-state index contributed by atoms with van der Waals surface area (Å²) in [5, 5.41) is 8.92. The van der Waals surface area contributed by atoms with Gasteiger partial charge in [0.25, 0.3) is 0 Å². The average molecular weight is 244 g/mol. The Kier molecular flexibility index (Phi) is 4.11. The lowest BCUT2D eigenvalue weighted by atomic mass is 9.95. The smallest absolute Gasteiger partial charge is 0.123 e. The molecule has 1 nitrogen and oxygen atoms in total. The topological polar surface area (TPSA) is 20.2 Å². The van der Waals surface area contributed by atoms with Gasteiger partial charge < -0.3 is 5.11 Å². The molecular weight excluding hydrogens is 227 g/mol. The summed E-state index contributed by atoms with van der Waals surface area (Å²) in [6.45, 7) is 2.31. The molecular formula is C16H17FO. The van der Waals surface area contributed by atoms with Gasteiger partial charge in [0.2, 0.25) is 0 Å². The van der Waals surface area contributed by atoms with E-state index in [9.17, 15) is 4.39 Å². The van der Waals surface area contributed by atoms with Crippen molar-refractivity contribution in [3.63, 3.8) is 0 Å². The van der Waals surface area contributed by atoms with E-state index in [2.05, 4.69) is 19.1 Å². The van der Waals surface area contributed by atoms with Crippen LogP contribution in [-0.2, 0) is 0 Å². The number of benzene rings is 2. The molecule has 0 radical (unpaired) electrons. The highest BCUT2D eigenvalue weighted by atomic mass is 19.1. The molecule has 2 aromatic carbocycles. The number of hydrogen-bond acceptors (Lipinski definition) is 1. The molecule has 0 aliphatic rings. The van der Waals surface area contributed by atoms with Crippen molar-refractivity contribution in [2.75, 3.05) is 6.61 Å². The van der Waals surface area contributed by atoms with Crippen LogP contribution in [0, 0.1) is 5.82 Å². The molecule has 0 bridgehead atoms. The first-order valence-corrected chi connectivity index (χ1v) is 6.17. The molecule has 2 heteroatoms. The lowest BCUT2D eigenvalue weighted by Crippen LogP contribution is -1.96. The third-order valence-electron chi connectivity index (χ3n) is 3.22. The fourth-order valence-corrected chi connectivity index (χ4v) is 2.01. The van der Waals surface area contributed by atoms with Gasteiger partial charge in [-0.25, -0.2) is 4.39 Å². The van der Waals surface area contributed by atoms with Crippen molar-refractivity contribution in [3.8, 4) is 11.1 Å². The maximum atomic E-state index is 12.8. The Morgan fingerprint density at radius 2 is 1.44 bits per heavy atom. The van der Waals surface area contributed by atoms with Crippen molar-refractivity contribution in [3.05, 3.63) is 59.9 Å². The molecule has 0 amide bonds. The van der Waals surface area contributed by atoms with E-state index in [1.54, 1.807) is 12.1 Å². The van der Waals surface area contributed by atoms with Crippen LogP contribution in [0.5, 0.6) is 0 Å². The number of halogens is 1. The lowest BCUT2D eigenvalue weighted by Gasteiger charge is -2.11. The van der Waals surface area contributed by atoms with Gasteiger partial charge in [-0.15, -0.1) is 0 Å². The largest absolute Gasteiger partial charge is 0.396 e. The number of aliphatic hydroxyl groups is 1. The van der Waals surface area contributed by atoms with Crippen LogP contribution in [0.3, 0.4) is 0 Å². The maximum absolute atomic E-state index is 12.8. The summed E-state index contributed by atoms with van der Waals surface area (Å²) in [5.41, 5.74) is 3.31. The predicted molar refractivity (Wildman–Crippen MR) is 72.0 cm³/mol. The van der Waals surface area contributed by atoms with E-state index < -0.39 is 0 Å². The molecule has 2 rings (SSSR count). The lowest BCUT2D eigenvalue weighted by molar-refractivity contribution is 0.278. The van der Waals surface area contributed by atoms with Crippen molar-refractivity contribution < 1.29 is 9.50 Å². The second-order valence-electron chi connectivity index (χ2n) is 4.54. The minimum Gasteiger partial charge on any atom is -0.396 e. The summed E-state index contributed by atoms with van der Waals surface area (Å²) < 4.78 is 12.8. The molecule has 0 fully saturated rings. The molecule has 1 unspecified atom stereocenters. The van der Waals surface area contributed by atoms with Crippen molar-refractivity contribution in [1.82, 2.24) is 0 Å². The fraction of sp³-hybridized carbons (Fsp3) is 0.250. The zero-order chi connectivity index (χ0) is 13.0. The minimum absolute atomic E-state index is 0.209. The molecule has 1 atom stereocenters. The van der Waals surface area contributed by atoms with E-state index in [4.69, 9.17) is 5.11 Å². The maximum Gasteiger partial charge on any atom is 0.123 e. The van der Waals surface area contributed by atoms with Crippen molar-refractivity contribution in [2.45, 2.75) is 19.3 Å². The molecule has 0 aliphatic carbocycles. The molecule has 94 valence electrons. The van der Waals surface area contributed by atoms with Crippen molar-refractivity contribution in [2.24, 2.45) is 0 Å². The van der Waals surface area contributed by atoms with Gasteiger partial charge in [0.15, 0.2) is 0 Å². The Hall–Kier alpha value is -1.67. The van der Waals surface area contributed by atoms with Gasteiger partial charge in [0, 0.05) is 6.61 Å². The van der Waals surface area contributed by atoms with Crippen molar-refractivity contribution in [1.29, 1.82) is 0 Å². The summed E-state index contributed by atoms with van der Waals surface area (Å²) in [4.78, 5) is 0. The molecule has 0 spiro atoms. The van der Waals surface area contributed by atoms with Gasteiger partial charge in [-0.2, -0.15) is 0 Å². The third-order valence-corrected chi connectivity index (χ3v) is 3.22. The first-order valence-electron chi connectivity index (χ1n) is 6.17. The first kappa shape index (κ1) is 12.8. The van der Waals surface area contributed by atoms with Crippen LogP contribution in [0.1, 0.15) is 24.8 Å². The highest BCUT2D eigenvalue weighted by molar-refractivity contribution is 5.63. The van der Waals surface area contributed by atoms with E-state index in [0.29, 0.717) is 5.92 Å². The zero-order valence-corrected chi connectivity index (χ0v) is 10.4. The van der Waals surface area contributed by atoms with E-state index in [1.165, 1.54) is 17.7 Å². The van der Waals surface area contributed by atoms with E-state index >= 15 is 0 Å². The minimum atomic E-state index is -0.216. The number of rotatable bonds is 4. The van der Waals surface area contributed by atoms with Gasteiger partial charge in [-0.05, 0) is 41.2 Å². The summed E-state index contributed by atoms with van der Waals surface area (Å²) in [5.74, 6) is 0.143. The fourth-order valence-electron chi connectivity index (χ4n) is 2.01. The van der Waals surface area contributed by atoms with Crippen LogP contribution < -0.4 is 0 Å². The quantitative estimate of drug-likeness (QED) is 0.862. The molecule has 0 aliphatic heterocycles. The molecule has 0 aromatic heterocycles. The Labute approximate surface area is 107 Å². The third kappa shape index (κ3) is 2.96. The predicted octanol–water partition coefficient (Wildman–Crippen LogP) is 3.98. The van der Waals surface area contributed by atoms with E-state index in [0.717, 1.165) is 17.5 Å². The van der Waals surface area contributed by atoms with E-state index in [1.807, 2.05) is 12.1 Å². The van der Waals surface area contributed by atoms with Gasteiger partial charge in [0.05, 0.1) is 0 Å². The molecule has 0 heterocycles. The standard InChI is InChI=1S/C16H17FO/c1-12(10-11-18)13-2-4-14(5-3-13)15-6-8-16(17)9-7-15/h2-9,12,18H,10-11H2,1H3. The number of hydrogen-bond donors (Lipinski definition) is 1. The van der Waals surface area contributed by atoms with Crippen LogP contribution >= 0.6 is 0 Å². The second kappa shape index (κ2) is 5.78. The van der Waals surface area contributed by atoms with Crippen LogP contribution in [0.2, 0.25) is 0 Å². The van der Waals surface area contributed by atoms with Crippen LogP contribution in [0.25, 0.3) is 11.1 Å². The summed E-state index contributed by atoms with van der Waals surface area (Å²) >= 11 is 0. The van der Waals surface area contributed by atoms with Crippen LogP contribution in [0.15, 0.2) is 48.5 Å². The highest BCUT2D eigenvalue weighted by Gasteiger charge is 2.05. The Balaban J connectivity index is 2.19. The average Bonchev–Trinajstić information content (AvgIpc) is 2.40. The molecule has 18 heavy (non-hydrogen) atoms. The van der Waals surface area contributed by atoms with Gasteiger partial charge in [0.1, 0.15) is 5.82 Å².